The largest absolute Gasteiger partial charge is 0.448 e. The number of ether oxygens (including phenoxy) is 2. The number of carbonyl (C=O) groups excluding carboxylic acids is 2. The fourth-order valence-corrected chi connectivity index (χ4v) is 4.22. The summed E-state index contributed by atoms with van der Waals surface area (Å²) in [6, 6.07) is 9.63. The van der Waals surface area contributed by atoms with Crippen molar-refractivity contribution in [3.8, 4) is 0 Å². The van der Waals surface area contributed by atoms with Gasteiger partial charge in [0.05, 0.1) is 12.3 Å². The van der Waals surface area contributed by atoms with E-state index in [0.717, 1.165) is 18.4 Å². The van der Waals surface area contributed by atoms with Gasteiger partial charge in [-0.2, -0.15) is 4.68 Å². The first-order valence-corrected chi connectivity index (χ1v) is 10.5. The Morgan fingerprint density at radius 1 is 1.10 bits per heavy atom. The van der Waals surface area contributed by atoms with Crippen LogP contribution in [0.1, 0.15) is 43.0 Å². The average molecular weight is 413 g/mol. The lowest BCUT2D eigenvalue weighted by Crippen LogP contribution is -2.45. The normalized spacial score (nSPS) is 17.9. The van der Waals surface area contributed by atoms with Crippen LogP contribution in [0.25, 0.3) is 0 Å². The van der Waals surface area contributed by atoms with Gasteiger partial charge in [0.25, 0.3) is 5.56 Å². The Morgan fingerprint density at radius 2 is 1.83 bits per heavy atom. The van der Waals surface area contributed by atoms with Crippen LogP contribution in [0.15, 0.2) is 35.1 Å². The highest BCUT2D eigenvalue weighted by atomic mass is 16.6. The third-order valence-corrected chi connectivity index (χ3v) is 5.80. The Hall–Kier alpha value is -3.03. The van der Waals surface area contributed by atoms with Crippen molar-refractivity contribution in [2.75, 3.05) is 6.61 Å². The van der Waals surface area contributed by atoms with Gasteiger partial charge >= 0.3 is 12.2 Å². The first-order valence-electron chi connectivity index (χ1n) is 10.5. The Balaban J connectivity index is 1.52. The second kappa shape index (κ2) is 8.38. The van der Waals surface area contributed by atoms with E-state index >= 15 is 0 Å². The number of nitrogens with zero attached hydrogens (tertiary/aromatic N) is 3. The molecule has 1 aromatic heterocycles. The van der Waals surface area contributed by atoms with E-state index in [-0.39, 0.29) is 36.9 Å². The molecule has 1 atom stereocenters. The van der Waals surface area contributed by atoms with Crippen molar-refractivity contribution >= 4 is 12.2 Å². The van der Waals surface area contributed by atoms with Crippen molar-refractivity contribution in [1.82, 2.24) is 14.3 Å². The van der Waals surface area contributed by atoms with Crippen LogP contribution in [0.2, 0.25) is 0 Å². The fraction of sp³-hybridized carbons (Fsp3) is 0.500. The second-order valence-electron chi connectivity index (χ2n) is 7.84. The highest BCUT2D eigenvalue weighted by Gasteiger charge is 2.41. The number of fused-ring (bicyclic) bond motifs is 1. The molecule has 2 aliphatic carbocycles. The molecule has 30 heavy (non-hydrogen) atoms. The zero-order valence-electron chi connectivity index (χ0n) is 17.4. The van der Waals surface area contributed by atoms with E-state index in [0.29, 0.717) is 30.5 Å². The fourth-order valence-electron chi connectivity index (χ4n) is 4.22. The van der Waals surface area contributed by atoms with E-state index < -0.39 is 6.09 Å². The second-order valence-corrected chi connectivity index (χ2v) is 7.84. The monoisotopic (exact) mass is 413 g/mol. The molecule has 1 amide bonds. The number of hydrogen-bond acceptors (Lipinski definition) is 5. The molecule has 0 bridgehead atoms. The van der Waals surface area contributed by atoms with Crippen LogP contribution in [-0.4, -0.2) is 45.1 Å². The zero-order valence-corrected chi connectivity index (χ0v) is 17.4. The molecule has 1 fully saturated rings. The molecular formula is C22H27N3O5. The summed E-state index contributed by atoms with van der Waals surface area (Å²) in [4.78, 5) is 39.8. The Labute approximate surface area is 175 Å². The minimum Gasteiger partial charge on any atom is -0.448 e. The lowest BCUT2D eigenvalue weighted by molar-refractivity contribution is 0.0733. The van der Waals surface area contributed by atoms with Gasteiger partial charge in [0, 0.05) is 31.1 Å². The van der Waals surface area contributed by atoms with Crippen molar-refractivity contribution in [2.45, 2.75) is 57.7 Å². The number of benzene rings is 1. The predicted octanol–water partition coefficient (Wildman–Crippen LogP) is 2.85. The molecule has 8 nitrogen and oxygen atoms in total. The smallest absolute Gasteiger partial charge is 0.433 e. The molecule has 160 valence electrons. The summed E-state index contributed by atoms with van der Waals surface area (Å²) in [7, 11) is 1.57. The van der Waals surface area contributed by atoms with E-state index in [1.165, 1.54) is 9.36 Å². The van der Waals surface area contributed by atoms with Gasteiger partial charge in [-0.1, -0.05) is 30.3 Å². The maximum absolute atomic E-state index is 12.9. The molecule has 0 saturated heterocycles. The summed E-state index contributed by atoms with van der Waals surface area (Å²) in [6.07, 6.45) is 2.65. The summed E-state index contributed by atoms with van der Waals surface area (Å²) >= 11 is 0. The van der Waals surface area contributed by atoms with E-state index in [1.54, 1.807) is 14.0 Å². The number of hydrogen-bond donors (Lipinski definition) is 0. The van der Waals surface area contributed by atoms with Crippen LogP contribution >= 0.6 is 0 Å². The molecule has 2 aliphatic rings. The van der Waals surface area contributed by atoms with Gasteiger partial charge in [0.2, 0.25) is 0 Å². The minimum absolute atomic E-state index is 0.112. The topological polar surface area (TPSA) is 82.8 Å². The SMILES string of the molecule is CCOC(=O)n1c2c(c(=O)n1C)CC(N(C(=O)OCc1ccccc1)C1CC1)CC2. The molecule has 0 radical (unpaired) electrons. The van der Waals surface area contributed by atoms with Crippen LogP contribution in [-0.2, 0) is 36.0 Å². The van der Waals surface area contributed by atoms with Crippen molar-refractivity contribution in [3.05, 3.63) is 57.5 Å². The molecular weight excluding hydrogens is 386 g/mol. The van der Waals surface area contributed by atoms with Gasteiger partial charge in [-0.05, 0) is 38.2 Å². The number of rotatable bonds is 5. The van der Waals surface area contributed by atoms with Crippen molar-refractivity contribution in [1.29, 1.82) is 0 Å². The maximum Gasteiger partial charge on any atom is 0.433 e. The summed E-state index contributed by atoms with van der Waals surface area (Å²) in [5.41, 5.74) is 2.00. The van der Waals surface area contributed by atoms with Gasteiger partial charge in [-0.15, -0.1) is 0 Å². The molecule has 4 rings (SSSR count). The lowest BCUT2D eigenvalue weighted by atomic mass is 9.92. The summed E-state index contributed by atoms with van der Waals surface area (Å²) < 4.78 is 13.3. The third-order valence-electron chi connectivity index (χ3n) is 5.80. The van der Waals surface area contributed by atoms with Gasteiger partial charge in [-0.25, -0.2) is 14.3 Å². The number of aromatic nitrogens is 2. The van der Waals surface area contributed by atoms with Crippen molar-refractivity contribution in [2.24, 2.45) is 7.05 Å². The van der Waals surface area contributed by atoms with Gasteiger partial charge in [0.15, 0.2) is 0 Å². The number of amides is 1. The molecule has 1 unspecified atom stereocenters. The minimum atomic E-state index is -0.543. The first-order chi connectivity index (χ1) is 14.5. The quantitative estimate of drug-likeness (QED) is 0.753. The molecule has 0 spiro atoms. The van der Waals surface area contributed by atoms with Crippen molar-refractivity contribution < 1.29 is 19.1 Å². The highest BCUT2D eigenvalue weighted by Crippen LogP contribution is 2.34. The van der Waals surface area contributed by atoms with Gasteiger partial charge in [0.1, 0.15) is 6.61 Å². The molecule has 0 N–H and O–H groups in total. The summed E-state index contributed by atoms with van der Waals surface area (Å²) in [6.45, 7) is 2.20. The third kappa shape index (κ3) is 3.86. The summed E-state index contributed by atoms with van der Waals surface area (Å²) in [5, 5.41) is 0. The average Bonchev–Trinajstić information content (AvgIpc) is 3.55. The Bertz CT molecular complexity index is 990. The lowest BCUT2D eigenvalue weighted by Gasteiger charge is -2.33. The van der Waals surface area contributed by atoms with Gasteiger partial charge < -0.3 is 14.4 Å². The molecule has 1 aromatic carbocycles. The molecule has 1 saturated carbocycles. The van der Waals surface area contributed by atoms with E-state index in [9.17, 15) is 14.4 Å². The highest BCUT2D eigenvalue weighted by molar-refractivity contribution is 5.71. The van der Waals surface area contributed by atoms with Crippen molar-refractivity contribution in [3.63, 3.8) is 0 Å². The van der Waals surface area contributed by atoms with Crippen LogP contribution < -0.4 is 5.56 Å². The first kappa shape index (κ1) is 20.3. The zero-order chi connectivity index (χ0) is 21.3. The van der Waals surface area contributed by atoms with Gasteiger partial charge in [-0.3, -0.25) is 4.79 Å². The molecule has 2 aromatic rings. The summed E-state index contributed by atoms with van der Waals surface area (Å²) in [5.74, 6) is 0. The molecule has 8 heteroatoms. The predicted molar refractivity (Wildman–Crippen MR) is 109 cm³/mol. The standard InChI is InChI=1S/C22H27N3O5/c1-3-29-22(28)25-19-12-11-17(13-18(19)20(26)23(25)2)24(16-9-10-16)21(27)30-14-15-7-5-4-6-8-15/h4-8,16-17H,3,9-14H2,1-2H3. The van der Waals surface area contributed by atoms with Crippen LogP contribution in [0, 0.1) is 0 Å². The van der Waals surface area contributed by atoms with Crippen LogP contribution in [0.3, 0.4) is 0 Å². The van der Waals surface area contributed by atoms with E-state index in [4.69, 9.17) is 9.47 Å². The van der Waals surface area contributed by atoms with Crippen LogP contribution in [0.5, 0.6) is 0 Å². The number of carbonyl (C=O) groups is 2. The van der Waals surface area contributed by atoms with E-state index in [2.05, 4.69) is 0 Å². The Morgan fingerprint density at radius 3 is 2.50 bits per heavy atom. The maximum atomic E-state index is 12.9. The van der Waals surface area contributed by atoms with Crippen LogP contribution in [0.4, 0.5) is 9.59 Å². The Kier molecular flexibility index (Phi) is 5.65. The molecule has 1 heterocycles. The molecule has 0 aliphatic heterocycles. The van der Waals surface area contributed by atoms with E-state index in [1.807, 2.05) is 35.2 Å².